The highest BCUT2D eigenvalue weighted by molar-refractivity contribution is 9.10. The summed E-state index contributed by atoms with van der Waals surface area (Å²) >= 11 is 3.46. The lowest BCUT2D eigenvalue weighted by atomic mass is 10.1. The highest BCUT2D eigenvalue weighted by atomic mass is 79.9. The Bertz CT molecular complexity index is 966. The molecule has 0 fully saturated rings. The molecule has 1 N–H and O–H groups in total. The molecule has 4 aromatic rings. The lowest BCUT2D eigenvalue weighted by Gasteiger charge is -2.08. The molecule has 23 heavy (non-hydrogen) atoms. The Hall–Kier alpha value is -2.66. The van der Waals surface area contributed by atoms with Gasteiger partial charge in [-0.05, 0) is 24.3 Å². The lowest BCUT2D eigenvalue weighted by molar-refractivity contribution is 0.490. The summed E-state index contributed by atoms with van der Waals surface area (Å²) in [5, 5.41) is 8.13. The van der Waals surface area contributed by atoms with Gasteiger partial charge in [-0.25, -0.2) is 0 Å². The third-order valence-electron chi connectivity index (χ3n) is 3.54. The van der Waals surface area contributed by atoms with Crippen LogP contribution in [0.5, 0.6) is 11.5 Å². The quantitative estimate of drug-likeness (QED) is 0.544. The molecule has 5 heteroatoms. The smallest absolute Gasteiger partial charge is 0.173 e. The minimum atomic E-state index is 0.687. The number of halogens is 1. The first-order valence-electron chi connectivity index (χ1n) is 7.12. The van der Waals surface area contributed by atoms with Crippen molar-refractivity contribution in [2.24, 2.45) is 0 Å². The Morgan fingerprint density at radius 3 is 2.70 bits per heavy atom. The summed E-state index contributed by atoms with van der Waals surface area (Å²) in [5.74, 6) is 1.44. The maximum absolute atomic E-state index is 6.11. The summed E-state index contributed by atoms with van der Waals surface area (Å²) in [5.41, 5.74) is 2.67. The Balaban J connectivity index is 1.77. The fourth-order valence-electron chi connectivity index (χ4n) is 2.46. The minimum absolute atomic E-state index is 0.687. The van der Waals surface area contributed by atoms with E-state index in [1.807, 2.05) is 54.6 Å². The minimum Gasteiger partial charge on any atom is -0.453 e. The molecule has 4 nitrogen and oxygen atoms in total. The van der Waals surface area contributed by atoms with Crippen molar-refractivity contribution in [3.8, 4) is 22.8 Å². The number of nitrogens with one attached hydrogen (secondary N) is 1. The van der Waals surface area contributed by atoms with Crippen LogP contribution < -0.4 is 4.74 Å². The molecule has 0 saturated carbocycles. The van der Waals surface area contributed by atoms with Gasteiger partial charge in [-0.3, -0.25) is 10.1 Å². The van der Waals surface area contributed by atoms with Gasteiger partial charge in [0.1, 0.15) is 11.4 Å². The van der Waals surface area contributed by atoms with E-state index in [4.69, 9.17) is 4.74 Å². The van der Waals surface area contributed by atoms with Crippen LogP contribution in [0.3, 0.4) is 0 Å². The van der Waals surface area contributed by atoms with E-state index in [2.05, 4.69) is 31.1 Å². The molecule has 0 bridgehead atoms. The predicted molar refractivity (Wildman–Crippen MR) is 93.5 cm³/mol. The molecular formula is C18H12BrN3O. The van der Waals surface area contributed by atoms with Gasteiger partial charge < -0.3 is 4.74 Å². The normalized spacial score (nSPS) is 10.8. The standard InChI is InChI=1S/C18H12BrN3O/c19-13-6-7-14-15(10-13)20-9-8-16(14)23-17-11-21-22-18(17)12-4-2-1-3-5-12/h1-11H,(H,21,22). The molecule has 0 saturated heterocycles. The van der Waals surface area contributed by atoms with Gasteiger partial charge in [-0.1, -0.05) is 46.3 Å². The van der Waals surface area contributed by atoms with E-state index in [1.165, 1.54) is 0 Å². The summed E-state index contributed by atoms with van der Waals surface area (Å²) in [7, 11) is 0. The van der Waals surface area contributed by atoms with Crippen molar-refractivity contribution >= 4 is 26.8 Å². The second kappa shape index (κ2) is 5.85. The maximum Gasteiger partial charge on any atom is 0.173 e. The monoisotopic (exact) mass is 365 g/mol. The first kappa shape index (κ1) is 14.0. The van der Waals surface area contributed by atoms with Crippen molar-refractivity contribution in [1.82, 2.24) is 15.2 Å². The van der Waals surface area contributed by atoms with Gasteiger partial charge in [0.15, 0.2) is 5.75 Å². The molecule has 2 heterocycles. The number of hydrogen-bond acceptors (Lipinski definition) is 3. The van der Waals surface area contributed by atoms with E-state index in [0.29, 0.717) is 5.75 Å². The zero-order chi connectivity index (χ0) is 15.6. The first-order valence-corrected chi connectivity index (χ1v) is 7.92. The highest BCUT2D eigenvalue weighted by Gasteiger charge is 2.12. The molecule has 0 aliphatic rings. The van der Waals surface area contributed by atoms with E-state index in [1.54, 1.807) is 12.4 Å². The van der Waals surface area contributed by atoms with Gasteiger partial charge in [0, 0.05) is 21.6 Å². The second-order valence-corrected chi connectivity index (χ2v) is 5.95. The van der Waals surface area contributed by atoms with Gasteiger partial charge in [0.2, 0.25) is 0 Å². The van der Waals surface area contributed by atoms with Crippen LogP contribution >= 0.6 is 15.9 Å². The van der Waals surface area contributed by atoms with Gasteiger partial charge in [0.05, 0.1) is 11.7 Å². The van der Waals surface area contributed by atoms with Crippen LogP contribution in [0.2, 0.25) is 0 Å². The number of benzene rings is 2. The number of hydrogen-bond donors (Lipinski definition) is 1. The lowest BCUT2D eigenvalue weighted by Crippen LogP contribution is -1.89. The van der Waals surface area contributed by atoms with E-state index < -0.39 is 0 Å². The summed E-state index contributed by atoms with van der Waals surface area (Å²) in [4.78, 5) is 4.38. The number of pyridine rings is 1. The van der Waals surface area contributed by atoms with E-state index >= 15 is 0 Å². The van der Waals surface area contributed by atoms with Crippen molar-refractivity contribution in [3.05, 3.63) is 71.5 Å². The van der Waals surface area contributed by atoms with Crippen LogP contribution in [-0.2, 0) is 0 Å². The van der Waals surface area contributed by atoms with Gasteiger partial charge in [-0.2, -0.15) is 5.10 Å². The fraction of sp³-hybridized carbons (Fsp3) is 0. The van der Waals surface area contributed by atoms with Crippen LogP contribution in [0.1, 0.15) is 0 Å². The predicted octanol–water partition coefficient (Wildman–Crippen LogP) is 5.18. The third-order valence-corrected chi connectivity index (χ3v) is 4.03. The molecule has 4 rings (SSSR count). The van der Waals surface area contributed by atoms with E-state index in [-0.39, 0.29) is 0 Å². The number of aromatic amines is 1. The second-order valence-electron chi connectivity index (χ2n) is 5.04. The summed E-state index contributed by atoms with van der Waals surface area (Å²) in [6.45, 7) is 0. The number of H-pyrrole nitrogens is 1. The maximum atomic E-state index is 6.11. The number of rotatable bonds is 3. The summed E-state index contributed by atoms with van der Waals surface area (Å²) in [6.07, 6.45) is 3.50. The number of aromatic nitrogens is 3. The number of nitrogens with zero attached hydrogens (tertiary/aromatic N) is 2. The Morgan fingerprint density at radius 2 is 1.83 bits per heavy atom. The summed E-state index contributed by atoms with van der Waals surface area (Å²) in [6, 6.07) is 17.7. The van der Waals surface area contributed by atoms with Crippen LogP contribution in [0, 0.1) is 0 Å². The molecular weight excluding hydrogens is 354 g/mol. The molecule has 2 aromatic carbocycles. The largest absolute Gasteiger partial charge is 0.453 e. The molecule has 0 aliphatic heterocycles. The van der Waals surface area contributed by atoms with Crippen molar-refractivity contribution in [2.45, 2.75) is 0 Å². The van der Waals surface area contributed by atoms with Crippen molar-refractivity contribution in [2.75, 3.05) is 0 Å². The van der Waals surface area contributed by atoms with Gasteiger partial charge >= 0.3 is 0 Å². The SMILES string of the molecule is Brc1ccc2c(Oc3c[nH]nc3-c3ccccc3)ccnc2c1. The molecule has 2 aromatic heterocycles. The zero-order valence-electron chi connectivity index (χ0n) is 12.0. The molecule has 0 aliphatic carbocycles. The van der Waals surface area contributed by atoms with Crippen molar-refractivity contribution < 1.29 is 4.74 Å². The first-order chi connectivity index (χ1) is 11.3. The summed E-state index contributed by atoms with van der Waals surface area (Å²) < 4.78 is 7.10. The van der Waals surface area contributed by atoms with Crippen molar-refractivity contribution in [1.29, 1.82) is 0 Å². The Labute approximate surface area is 141 Å². The average Bonchev–Trinajstić information content (AvgIpc) is 3.04. The van der Waals surface area contributed by atoms with Crippen LogP contribution in [0.25, 0.3) is 22.2 Å². The number of fused-ring (bicyclic) bond motifs is 1. The molecule has 112 valence electrons. The Morgan fingerprint density at radius 1 is 0.957 bits per heavy atom. The zero-order valence-corrected chi connectivity index (χ0v) is 13.6. The Kier molecular flexibility index (Phi) is 3.55. The molecule has 0 spiro atoms. The molecule has 0 amide bonds. The topological polar surface area (TPSA) is 50.8 Å². The molecule has 0 atom stereocenters. The van der Waals surface area contributed by atoms with Gasteiger partial charge in [-0.15, -0.1) is 0 Å². The van der Waals surface area contributed by atoms with E-state index in [0.717, 1.165) is 32.4 Å². The molecule has 0 radical (unpaired) electrons. The van der Waals surface area contributed by atoms with Crippen LogP contribution in [0.4, 0.5) is 0 Å². The molecule has 0 unspecified atom stereocenters. The van der Waals surface area contributed by atoms with E-state index in [9.17, 15) is 0 Å². The fourth-order valence-corrected chi connectivity index (χ4v) is 2.81. The third kappa shape index (κ3) is 2.71. The average molecular weight is 366 g/mol. The van der Waals surface area contributed by atoms with Crippen LogP contribution in [0.15, 0.2) is 71.5 Å². The van der Waals surface area contributed by atoms with Crippen LogP contribution in [-0.4, -0.2) is 15.2 Å². The number of ether oxygens (including phenoxy) is 1. The highest BCUT2D eigenvalue weighted by Crippen LogP contribution is 2.34. The van der Waals surface area contributed by atoms with Crippen molar-refractivity contribution in [3.63, 3.8) is 0 Å². The van der Waals surface area contributed by atoms with Gasteiger partial charge in [0.25, 0.3) is 0 Å².